The molecule has 8 rings (SSSR count). The fourth-order valence-corrected chi connectivity index (χ4v) is 16.4. The molecule has 2 N–H and O–H groups in total. The first-order chi connectivity index (χ1) is 23.9. The summed E-state index contributed by atoms with van der Waals surface area (Å²) in [5.74, 6) is 2.27. The van der Waals surface area contributed by atoms with Crippen LogP contribution in [0, 0.1) is 69.0 Å². The molecule has 0 aromatic rings. The number of hydrogen-bond donors (Lipinski definition) is 2. The van der Waals surface area contributed by atoms with Crippen LogP contribution in [0.2, 0.25) is 0 Å². The van der Waals surface area contributed by atoms with Gasteiger partial charge in [0.25, 0.3) is 0 Å². The molecule has 0 heterocycles. The fourth-order valence-electron chi connectivity index (χ4n) is 15.4. The third kappa shape index (κ3) is 5.50. The highest BCUT2D eigenvalue weighted by Crippen LogP contribution is 2.68. The summed E-state index contributed by atoms with van der Waals surface area (Å²) in [4.78, 5) is 25.1. The number of rotatable bonds is 6. The SMILES string of the molecule is CC(=O)[C@H]1CC[C@H]2[C@@H]3CC=C4C[C@@H](OS(=O)(=O)O[C@H]5CC[C@@]6(C)C(=CC[C@@H]7[C@@H]6[C@@H](O)C[C@]6(C)[C@@H](C(C)=O)CC[C@@H]76)C5)CC[C@]4(C)[C@H]3[C@@H](O)C[C@]12C. The lowest BCUT2D eigenvalue weighted by atomic mass is 9.46. The van der Waals surface area contributed by atoms with Crippen LogP contribution in [0.5, 0.6) is 0 Å². The Labute approximate surface area is 305 Å². The van der Waals surface area contributed by atoms with Gasteiger partial charge in [-0.15, -0.1) is 0 Å². The molecular formula is C42H62O8S. The molecule has 0 bridgehead atoms. The van der Waals surface area contributed by atoms with E-state index in [4.69, 9.17) is 8.37 Å². The molecule has 284 valence electrons. The molecule has 0 aromatic carbocycles. The van der Waals surface area contributed by atoms with Gasteiger partial charge in [-0.1, -0.05) is 51.0 Å². The van der Waals surface area contributed by atoms with Crippen LogP contribution in [0.4, 0.5) is 0 Å². The normalized spacial score (nSPS) is 51.8. The molecule has 0 unspecified atom stereocenters. The number of carbonyl (C=O) groups excluding carboxylic acids is 2. The Morgan fingerprint density at radius 3 is 1.43 bits per heavy atom. The van der Waals surface area contributed by atoms with Crippen LogP contribution in [-0.2, 0) is 28.4 Å². The van der Waals surface area contributed by atoms with E-state index in [9.17, 15) is 28.2 Å². The summed E-state index contributed by atoms with van der Waals surface area (Å²) >= 11 is 0. The molecule has 8 nitrogen and oxygen atoms in total. The second-order valence-electron chi connectivity index (χ2n) is 19.7. The molecule has 0 saturated heterocycles. The van der Waals surface area contributed by atoms with E-state index >= 15 is 0 Å². The molecular weight excluding hydrogens is 665 g/mol. The number of ketones is 2. The average molecular weight is 727 g/mol. The summed E-state index contributed by atoms with van der Waals surface area (Å²) in [6.07, 6.45) is 13.3. The van der Waals surface area contributed by atoms with Crippen molar-refractivity contribution >= 4 is 22.0 Å². The number of Topliss-reactive ketones (excluding diaryl/α,β-unsaturated/α-hetero) is 2. The van der Waals surface area contributed by atoms with E-state index in [-0.39, 0.29) is 56.9 Å². The van der Waals surface area contributed by atoms with Gasteiger partial charge >= 0.3 is 10.4 Å². The van der Waals surface area contributed by atoms with Gasteiger partial charge < -0.3 is 10.2 Å². The van der Waals surface area contributed by atoms with Gasteiger partial charge in [0, 0.05) is 11.8 Å². The van der Waals surface area contributed by atoms with Crippen molar-refractivity contribution in [2.75, 3.05) is 0 Å². The van der Waals surface area contributed by atoms with Crippen molar-refractivity contribution in [2.45, 2.75) is 156 Å². The summed E-state index contributed by atoms with van der Waals surface area (Å²) in [5.41, 5.74) is 1.67. The highest BCUT2D eigenvalue weighted by molar-refractivity contribution is 7.81. The Bertz CT molecular complexity index is 1520. The maximum atomic E-state index is 13.5. The van der Waals surface area contributed by atoms with Gasteiger partial charge in [-0.25, -0.2) is 8.37 Å². The Morgan fingerprint density at radius 1 is 0.667 bits per heavy atom. The zero-order valence-electron chi connectivity index (χ0n) is 31.7. The zero-order valence-corrected chi connectivity index (χ0v) is 32.6. The van der Waals surface area contributed by atoms with E-state index in [1.165, 1.54) is 11.1 Å². The van der Waals surface area contributed by atoms with Crippen molar-refractivity contribution in [3.63, 3.8) is 0 Å². The monoisotopic (exact) mass is 726 g/mol. The van der Waals surface area contributed by atoms with Gasteiger partial charge in [0.15, 0.2) is 0 Å². The minimum atomic E-state index is -4.25. The van der Waals surface area contributed by atoms with Crippen molar-refractivity contribution in [3.8, 4) is 0 Å². The Balaban J connectivity index is 0.922. The second kappa shape index (κ2) is 12.3. The lowest BCUT2D eigenvalue weighted by Crippen LogP contribution is -2.57. The van der Waals surface area contributed by atoms with E-state index in [1.807, 2.05) is 0 Å². The molecule has 6 saturated carbocycles. The first-order valence-electron chi connectivity index (χ1n) is 20.3. The van der Waals surface area contributed by atoms with Crippen LogP contribution in [0.1, 0.15) is 131 Å². The molecule has 8 aliphatic rings. The van der Waals surface area contributed by atoms with Crippen molar-refractivity contribution in [3.05, 3.63) is 23.3 Å². The van der Waals surface area contributed by atoms with Gasteiger partial charge in [0.2, 0.25) is 0 Å². The molecule has 0 spiro atoms. The summed E-state index contributed by atoms with van der Waals surface area (Å²) in [7, 11) is -4.25. The summed E-state index contributed by atoms with van der Waals surface area (Å²) in [6.45, 7) is 12.4. The Hall–Kier alpha value is -1.39. The van der Waals surface area contributed by atoms with E-state index in [1.54, 1.807) is 13.8 Å². The van der Waals surface area contributed by atoms with Gasteiger partial charge in [0.1, 0.15) is 11.6 Å². The predicted octanol–water partition coefficient (Wildman–Crippen LogP) is 7.28. The number of fused-ring (bicyclic) bond motifs is 10. The summed E-state index contributed by atoms with van der Waals surface area (Å²) < 4.78 is 38.6. The molecule has 0 amide bonds. The minimum absolute atomic E-state index is 0.0266. The second-order valence-corrected chi connectivity index (χ2v) is 20.9. The van der Waals surface area contributed by atoms with Crippen LogP contribution >= 0.6 is 0 Å². The van der Waals surface area contributed by atoms with E-state index in [2.05, 4.69) is 39.8 Å². The summed E-state index contributed by atoms with van der Waals surface area (Å²) in [6, 6.07) is 0. The van der Waals surface area contributed by atoms with Crippen molar-refractivity contribution in [1.29, 1.82) is 0 Å². The van der Waals surface area contributed by atoms with Crippen molar-refractivity contribution in [1.82, 2.24) is 0 Å². The van der Waals surface area contributed by atoms with Crippen molar-refractivity contribution < 1.29 is 36.6 Å². The molecule has 9 heteroatoms. The van der Waals surface area contributed by atoms with Crippen LogP contribution in [-0.4, -0.2) is 54.6 Å². The predicted molar refractivity (Wildman–Crippen MR) is 193 cm³/mol. The summed E-state index contributed by atoms with van der Waals surface area (Å²) in [5, 5.41) is 23.4. The Morgan fingerprint density at radius 2 is 1.06 bits per heavy atom. The molecule has 0 aliphatic heterocycles. The third-order valence-electron chi connectivity index (χ3n) is 17.5. The third-order valence-corrected chi connectivity index (χ3v) is 18.5. The molecule has 51 heavy (non-hydrogen) atoms. The largest absolute Gasteiger partial charge is 0.400 e. The van der Waals surface area contributed by atoms with Gasteiger partial charge in [0.05, 0.1) is 24.4 Å². The van der Waals surface area contributed by atoms with Crippen LogP contribution < -0.4 is 0 Å². The van der Waals surface area contributed by atoms with Crippen LogP contribution in [0.25, 0.3) is 0 Å². The lowest BCUT2D eigenvalue weighted by Gasteiger charge is -2.59. The molecule has 0 radical (unpaired) electrons. The van der Waals surface area contributed by atoms with Gasteiger partial charge in [-0.05, 0) is 161 Å². The quantitative estimate of drug-likeness (QED) is 0.274. The maximum Gasteiger partial charge on any atom is 0.400 e. The zero-order chi connectivity index (χ0) is 36.5. The number of carbonyl (C=O) groups is 2. The topological polar surface area (TPSA) is 127 Å². The van der Waals surface area contributed by atoms with Crippen molar-refractivity contribution in [2.24, 2.45) is 69.0 Å². The van der Waals surface area contributed by atoms with Crippen LogP contribution in [0.3, 0.4) is 0 Å². The number of aliphatic hydroxyl groups is 2. The first-order valence-corrected chi connectivity index (χ1v) is 21.6. The van der Waals surface area contributed by atoms with Crippen LogP contribution in [0.15, 0.2) is 23.3 Å². The number of allylic oxidation sites excluding steroid dienone is 2. The first kappa shape index (κ1) is 36.6. The molecule has 16 atom stereocenters. The maximum absolute atomic E-state index is 13.5. The highest BCUT2D eigenvalue weighted by Gasteiger charge is 2.64. The van der Waals surface area contributed by atoms with Gasteiger partial charge in [-0.3, -0.25) is 9.59 Å². The van der Waals surface area contributed by atoms with E-state index < -0.39 is 34.8 Å². The molecule has 0 aromatic heterocycles. The van der Waals surface area contributed by atoms with E-state index in [0.717, 1.165) is 51.4 Å². The number of aliphatic hydroxyl groups excluding tert-OH is 2. The fraction of sp³-hybridized carbons (Fsp3) is 0.857. The average Bonchev–Trinajstić information content (AvgIpc) is 3.57. The smallest absolute Gasteiger partial charge is 0.393 e. The van der Waals surface area contributed by atoms with E-state index in [0.29, 0.717) is 62.2 Å². The van der Waals surface area contributed by atoms with Gasteiger partial charge in [-0.2, -0.15) is 8.42 Å². The number of hydrogen-bond acceptors (Lipinski definition) is 8. The molecule has 6 fully saturated rings. The minimum Gasteiger partial charge on any atom is -0.393 e. The molecule has 8 aliphatic carbocycles. The standard InChI is InChI=1S/C42H62O8S/c1-23(43)31-11-13-33-29-9-7-25-19-27(15-17-39(25,3)37(29)35(45)21-41(31,33)5)49-51(47,48)50-28-16-18-40(4)26(20-28)8-10-30-34-14-12-32(24(2)44)42(34,6)22-36(46)38(30)40/h7-8,27-38,45-46H,9-22H2,1-6H3/t27-,28-,29-,30-,31+,32+,33-,34-,35-,36-,37+,38+,39-,40-,41+,42+/m0/s1. The Kier molecular flexibility index (Phi) is 8.83. The highest BCUT2D eigenvalue weighted by atomic mass is 32.3. The lowest BCUT2D eigenvalue weighted by molar-refractivity contribution is -0.140.